The van der Waals surface area contributed by atoms with E-state index in [0.29, 0.717) is 9.55 Å². The number of aryl methyl sites for hydroxylation is 1. The summed E-state index contributed by atoms with van der Waals surface area (Å²) in [5.74, 6) is 0. The van der Waals surface area contributed by atoms with Gasteiger partial charge in [-0.3, -0.25) is 9.59 Å². The average molecular weight is 306 g/mol. The number of halogens is 1. The van der Waals surface area contributed by atoms with Gasteiger partial charge in [0.05, 0.1) is 4.53 Å². The third-order valence-electron chi connectivity index (χ3n) is 2.73. The third-order valence-corrected chi connectivity index (χ3v) is 4.04. The zero-order valence-electron chi connectivity index (χ0n) is 10.3. The fraction of sp³-hybridized carbons (Fsp3) is 0.0769. The Balaban J connectivity index is 2.34. The molecule has 5 nitrogen and oxygen atoms in total. The number of aromatic nitrogens is 3. The summed E-state index contributed by atoms with van der Waals surface area (Å²) in [6, 6.07) is 7.20. The Morgan fingerprint density at radius 1 is 1.30 bits per heavy atom. The van der Waals surface area contributed by atoms with E-state index in [1.165, 1.54) is 6.92 Å². The topological polar surface area (TPSA) is 64.3 Å². The fourth-order valence-electron chi connectivity index (χ4n) is 1.72. The van der Waals surface area contributed by atoms with Crippen LogP contribution >= 0.6 is 22.9 Å². The quantitative estimate of drug-likeness (QED) is 0.673. The molecule has 3 aromatic rings. The largest absolute Gasteiger partial charge is 0.295 e. The van der Waals surface area contributed by atoms with Crippen molar-refractivity contribution in [3.05, 3.63) is 65.8 Å². The van der Waals surface area contributed by atoms with Crippen LogP contribution in [0.25, 0.3) is 11.0 Å². The number of thiazole rings is 1. The minimum Gasteiger partial charge on any atom is -0.266 e. The van der Waals surface area contributed by atoms with Gasteiger partial charge in [0.15, 0.2) is 0 Å². The van der Waals surface area contributed by atoms with E-state index in [0.717, 1.165) is 21.4 Å². The predicted octanol–water partition coefficient (Wildman–Crippen LogP) is 1.02. The van der Waals surface area contributed by atoms with Crippen LogP contribution in [0.1, 0.15) is 11.3 Å². The van der Waals surface area contributed by atoms with Crippen molar-refractivity contribution in [3.8, 4) is 0 Å². The van der Waals surface area contributed by atoms with E-state index in [1.54, 1.807) is 12.1 Å². The molecule has 3 rings (SSSR count). The van der Waals surface area contributed by atoms with E-state index < -0.39 is 5.56 Å². The first-order chi connectivity index (χ1) is 9.56. The smallest absolute Gasteiger partial charge is 0.266 e. The molecule has 2 heterocycles. The number of rotatable bonds is 1. The van der Waals surface area contributed by atoms with Gasteiger partial charge >= 0.3 is 0 Å². The van der Waals surface area contributed by atoms with E-state index in [1.807, 2.05) is 18.2 Å². The lowest BCUT2D eigenvalue weighted by molar-refractivity contribution is 0.833. The maximum absolute atomic E-state index is 12.2. The third kappa shape index (κ3) is 2.13. The normalized spacial score (nSPS) is 12.2. The molecule has 100 valence electrons. The van der Waals surface area contributed by atoms with Crippen molar-refractivity contribution in [1.29, 1.82) is 0 Å². The first-order valence-corrected chi connectivity index (χ1v) is 6.92. The molecule has 0 saturated heterocycles. The Morgan fingerprint density at radius 3 is 2.80 bits per heavy atom. The van der Waals surface area contributed by atoms with Crippen LogP contribution in [0.5, 0.6) is 0 Å². The molecule has 0 amide bonds. The van der Waals surface area contributed by atoms with Crippen molar-refractivity contribution in [2.24, 2.45) is 0 Å². The fourth-order valence-corrected chi connectivity index (χ4v) is 2.81. The number of fused-ring (bicyclic) bond motifs is 1. The molecule has 0 saturated carbocycles. The van der Waals surface area contributed by atoms with Crippen LogP contribution in [-0.4, -0.2) is 14.6 Å². The van der Waals surface area contributed by atoms with Crippen molar-refractivity contribution in [3.63, 3.8) is 0 Å². The van der Waals surface area contributed by atoms with Crippen LogP contribution in [0.15, 0.2) is 33.9 Å². The molecule has 7 heteroatoms. The van der Waals surface area contributed by atoms with Crippen LogP contribution in [0.4, 0.5) is 0 Å². The van der Waals surface area contributed by atoms with Crippen LogP contribution in [-0.2, 0) is 0 Å². The summed E-state index contributed by atoms with van der Waals surface area (Å²) in [5.41, 5.74) is 0.204. The van der Waals surface area contributed by atoms with Gasteiger partial charge in [-0.2, -0.15) is 14.6 Å². The molecule has 0 aliphatic carbocycles. The average Bonchev–Trinajstić information content (AvgIpc) is 2.70. The van der Waals surface area contributed by atoms with Crippen molar-refractivity contribution in [2.75, 3.05) is 0 Å². The highest BCUT2D eigenvalue weighted by Crippen LogP contribution is 2.15. The molecule has 2 aromatic heterocycles. The number of hydrogen-bond donors (Lipinski definition) is 0. The zero-order valence-corrected chi connectivity index (χ0v) is 11.9. The highest BCUT2D eigenvalue weighted by atomic mass is 35.5. The highest BCUT2D eigenvalue weighted by molar-refractivity contribution is 7.15. The second kappa shape index (κ2) is 4.81. The molecule has 1 aromatic carbocycles. The lowest BCUT2D eigenvalue weighted by Gasteiger charge is -1.94. The summed E-state index contributed by atoms with van der Waals surface area (Å²) in [6.07, 6.45) is 1.67. The van der Waals surface area contributed by atoms with Gasteiger partial charge in [0.1, 0.15) is 5.69 Å². The first-order valence-electron chi connectivity index (χ1n) is 5.73. The summed E-state index contributed by atoms with van der Waals surface area (Å²) in [6.45, 7) is 1.52. The van der Waals surface area contributed by atoms with Crippen LogP contribution < -0.4 is 15.7 Å². The Morgan fingerprint density at radius 2 is 2.05 bits per heavy atom. The number of nitrogens with zero attached hydrogens (tertiary/aromatic N) is 3. The minimum absolute atomic E-state index is 0.196. The summed E-state index contributed by atoms with van der Waals surface area (Å²) in [5, 5.41) is 4.50. The van der Waals surface area contributed by atoms with E-state index in [2.05, 4.69) is 10.1 Å². The summed E-state index contributed by atoms with van der Waals surface area (Å²) in [7, 11) is 0. The van der Waals surface area contributed by atoms with Crippen molar-refractivity contribution in [2.45, 2.75) is 6.92 Å². The van der Waals surface area contributed by atoms with Gasteiger partial charge < -0.3 is 0 Å². The molecule has 0 bridgehead atoms. The molecular formula is C13H8ClN3O2S. The van der Waals surface area contributed by atoms with Crippen molar-refractivity contribution in [1.82, 2.24) is 14.6 Å². The predicted molar refractivity (Wildman–Crippen MR) is 78.4 cm³/mol. The standard InChI is InChI=1S/C13H8ClN3O2S/c1-7-11(18)15-13-17(16-7)12(19)10(20-13)6-8-4-2-3-5-9(8)14/h2-6H,1H3/b10-6+. The molecule has 0 spiro atoms. The highest BCUT2D eigenvalue weighted by Gasteiger charge is 2.08. The summed E-state index contributed by atoms with van der Waals surface area (Å²) >= 11 is 7.17. The van der Waals surface area contributed by atoms with Crippen molar-refractivity contribution < 1.29 is 0 Å². The first kappa shape index (κ1) is 13.0. The lowest BCUT2D eigenvalue weighted by atomic mass is 10.2. The minimum atomic E-state index is -0.421. The monoisotopic (exact) mass is 305 g/mol. The van der Waals surface area contributed by atoms with E-state index in [-0.39, 0.29) is 16.2 Å². The van der Waals surface area contributed by atoms with Gasteiger partial charge in [0.2, 0.25) is 4.96 Å². The molecule has 0 N–H and O–H groups in total. The van der Waals surface area contributed by atoms with Gasteiger partial charge in [0.25, 0.3) is 11.1 Å². The van der Waals surface area contributed by atoms with Gasteiger partial charge in [-0.25, -0.2) is 0 Å². The van der Waals surface area contributed by atoms with Gasteiger partial charge in [-0.1, -0.05) is 41.1 Å². The SMILES string of the molecule is Cc1nn2c(=O)/c(=C\c3ccccc3Cl)sc2nc1=O. The van der Waals surface area contributed by atoms with Gasteiger partial charge in [0, 0.05) is 5.02 Å². The van der Waals surface area contributed by atoms with E-state index >= 15 is 0 Å². The molecule has 0 fully saturated rings. The Bertz CT molecular complexity index is 977. The van der Waals surface area contributed by atoms with Gasteiger partial charge in [-0.15, -0.1) is 0 Å². The molecule has 20 heavy (non-hydrogen) atoms. The molecule has 0 radical (unpaired) electrons. The van der Waals surface area contributed by atoms with Crippen LogP contribution in [0.3, 0.4) is 0 Å². The molecule has 0 atom stereocenters. The molecular weight excluding hydrogens is 298 g/mol. The van der Waals surface area contributed by atoms with Crippen LogP contribution in [0.2, 0.25) is 5.02 Å². The maximum atomic E-state index is 12.2. The summed E-state index contributed by atoms with van der Waals surface area (Å²) in [4.78, 5) is 27.8. The molecule has 0 aliphatic heterocycles. The van der Waals surface area contributed by atoms with Crippen molar-refractivity contribution >= 4 is 34.0 Å². The molecule has 0 aliphatic rings. The Hall–Kier alpha value is -2.05. The number of benzene rings is 1. The Labute approximate surface area is 121 Å². The second-order valence-electron chi connectivity index (χ2n) is 4.13. The zero-order chi connectivity index (χ0) is 14.3. The van der Waals surface area contributed by atoms with E-state index in [4.69, 9.17) is 11.6 Å². The number of hydrogen-bond acceptors (Lipinski definition) is 5. The lowest BCUT2D eigenvalue weighted by Crippen LogP contribution is -2.27. The van der Waals surface area contributed by atoms with Gasteiger partial charge in [-0.05, 0) is 24.6 Å². The maximum Gasteiger partial charge on any atom is 0.295 e. The second-order valence-corrected chi connectivity index (χ2v) is 5.55. The Kier molecular flexibility index (Phi) is 3.11. The molecule has 0 unspecified atom stereocenters. The van der Waals surface area contributed by atoms with E-state index in [9.17, 15) is 9.59 Å². The van der Waals surface area contributed by atoms with Crippen LogP contribution in [0, 0.1) is 6.92 Å². The summed E-state index contributed by atoms with van der Waals surface area (Å²) < 4.78 is 1.58.